The van der Waals surface area contributed by atoms with E-state index in [0.717, 1.165) is 12.2 Å². The van der Waals surface area contributed by atoms with Gasteiger partial charge in [0.2, 0.25) is 0 Å². The predicted molar refractivity (Wildman–Crippen MR) is 50.3 cm³/mol. The van der Waals surface area contributed by atoms with Crippen LogP contribution in [0.1, 0.15) is 18.5 Å². The Hall–Kier alpha value is -1.00. The summed E-state index contributed by atoms with van der Waals surface area (Å²) in [7, 11) is 1.91. The maximum atomic E-state index is 5.33. The van der Waals surface area contributed by atoms with Crippen LogP contribution in [0.3, 0.4) is 0 Å². The van der Waals surface area contributed by atoms with E-state index in [2.05, 4.69) is 15.5 Å². The Morgan fingerprint density at radius 1 is 1.54 bits per heavy atom. The van der Waals surface area contributed by atoms with Crippen molar-refractivity contribution < 1.29 is 4.74 Å². The summed E-state index contributed by atoms with van der Waals surface area (Å²) in [6.07, 6.45) is 3.44. The minimum Gasteiger partial charge on any atom is -0.380 e. The first-order valence-corrected chi connectivity index (χ1v) is 4.40. The van der Waals surface area contributed by atoms with Crippen molar-refractivity contribution in [2.75, 3.05) is 20.3 Å². The average Bonchev–Trinajstić information content (AvgIpc) is 2.21. The van der Waals surface area contributed by atoms with E-state index in [-0.39, 0.29) is 6.04 Å². The molecule has 13 heavy (non-hydrogen) atoms. The lowest BCUT2D eigenvalue weighted by Gasteiger charge is -2.15. The second-order valence-electron chi connectivity index (χ2n) is 2.68. The van der Waals surface area contributed by atoms with Gasteiger partial charge < -0.3 is 10.1 Å². The molecule has 0 aromatic carbocycles. The second kappa shape index (κ2) is 5.61. The van der Waals surface area contributed by atoms with Crippen molar-refractivity contribution >= 4 is 0 Å². The van der Waals surface area contributed by atoms with Crippen molar-refractivity contribution in [2.45, 2.75) is 13.0 Å². The van der Waals surface area contributed by atoms with Gasteiger partial charge in [0.15, 0.2) is 0 Å². The molecule has 1 aromatic heterocycles. The van der Waals surface area contributed by atoms with Gasteiger partial charge in [0.05, 0.1) is 18.8 Å². The molecule has 1 unspecified atom stereocenters. The third kappa shape index (κ3) is 3.08. The highest BCUT2D eigenvalue weighted by Crippen LogP contribution is 2.09. The van der Waals surface area contributed by atoms with E-state index in [9.17, 15) is 0 Å². The van der Waals surface area contributed by atoms with Crippen LogP contribution >= 0.6 is 0 Å². The van der Waals surface area contributed by atoms with E-state index >= 15 is 0 Å². The van der Waals surface area contributed by atoms with Gasteiger partial charge in [-0.25, -0.2) is 0 Å². The van der Waals surface area contributed by atoms with Crippen LogP contribution in [-0.2, 0) is 4.74 Å². The van der Waals surface area contributed by atoms with Crippen molar-refractivity contribution in [2.24, 2.45) is 0 Å². The van der Waals surface area contributed by atoms with E-state index in [4.69, 9.17) is 4.74 Å². The van der Waals surface area contributed by atoms with Gasteiger partial charge >= 0.3 is 0 Å². The highest BCUT2D eigenvalue weighted by atomic mass is 16.5. The molecular weight excluding hydrogens is 166 g/mol. The minimum absolute atomic E-state index is 0.204. The van der Waals surface area contributed by atoms with Gasteiger partial charge in [-0.05, 0) is 25.6 Å². The van der Waals surface area contributed by atoms with Crippen molar-refractivity contribution in [3.05, 3.63) is 24.0 Å². The van der Waals surface area contributed by atoms with Crippen molar-refractivity contribution in [3.8, 4) is 0 Å². The molecule has 0 amide bonds. The van der Waals surface area contributed by atoms with Crippen LogP contribution in [0, 0.1) is 0 Å². The lowest BCUT2D eigenvalue weighted by molar-refractivity contribution is 0.125. The number of nitrogens with zero attached hydrogens (tertiary/aromatic N) is 2. The number of hydrogen-bond acceptors (Lipinski definition) is 4. The Balaban J connectivity index is 2.56. The number of nitrogens with one attached hydrogen (secondary N) is 1. The largest absolute Gasteiger partial charge is 0.380 e. The first kappa shape index (κ1) is 10.1. The standard InChI is InChI=1S/C9H15N3O/c1-3-13-7-9(10-2)8-4-5-11-12-6-8/h4-6,9-10H,3,7H2,1-2H3. The monoisotopic (exact) mass is 181 g/mol. The van der Waals surface area contributed by atoms with Gasteiger partial charge in [0, 0.05) is 12.8 Å². The zero-order valence-corrected chi connectivity index (χ0v) is 8.03. The quantitative estimate of drug-likeness (QED) is 0.729. The maximum Gasteiger partial charge on any atom is 0.0661 e. The van der Waals surface area contributed by atoms with Crippen LogP contribution in [-0.4, -0.2) is 30.5 Å². The molecule has 0 aliphatic rings. The Kier molecular flexibility index (Phi) is 4.35. The normalized spacial score (nSPS) is 12.8. The fourth-order valence-electron chi connectivity index (χ4n) is 1.09. The van der Waals surface area contributed by atoms with Gasteiger partial charge in [0.25, 0.3) is 0 Å². The minimum atomic E-state index is 0.204. The van der Waals surface area contributed by atoms with Gasteiger partial charge in [-0.2, -0.15) is 10.2 Å². The number of ether oxygens (including phenoxy) is 1. The molecule has 0 aliphatic carbocycles. The topological polar surface area (TPSA) is 47.0 Å². The number of aromatic nitrogens is 2. The first-order chi connectivity index (χ1) is 6.38. The highest BCUT2D eigenvalue weighted by Gasteiger charge is 2.08. The van der Waals surface area contributed by atoms with Gasteiger partial charge in [-0.15, -0.1) is 0 Å². The number of rotatable bonds is 5. The van der Waals surface area contributed by atoms with E-state index in [1.807, 2.05) is 20.0 Å². The summed E-state index contributed by atoms with van der Waals surface area (Å²) >= 11 is 0. The third-order valence-electron chi connectivity index (χ3n) is 1.85. The molecule has 0 bridgehead atoms. The summed E-state index contributed by atoms with van der Waals surface area (Å²) in [4.78, 5) is 0. The molecule has 0 spiro atoms. The van der Waals surface area contributed by atoms with Gasteiger partial charge in [-0.1, -0.05) is 0 Å². The molecule has 0 saturated carbocycles. The van der Waals surface area contributed by atoms with Crippen LogP contribution in [0.5, 0.6) is 0 Å². The molecule has 1 atom stereocenters. The SMILES string of the molecule is CCOCC(NC)c1ccnnc1. The predicted octanol–water partition coefficient (Wildman–Crippen LogP) is 0.774. The van der Waals surface area contributed by atoms with Crippen LogP contribution in [0.25, 0.3) is 0 Å². The fraction of sp³-hybridized carbons (Fsp3) is 0.556. The Morgan fingerprint density at radius 2 is 2.38 bits per heavy atom. The molecule has 1 heterocycles. The average molecular weight is 181 g/mol. The summed E-state index contributed by atoms with van der Waals surface area (Å²) in [6, 6.07) is 2.14. The van der Waals surface area contributed by atoms with Crippen molar-refractivity contribution in [3.63, 3.8) is 0 Å². The molecule has 1 N–H and O–H groups in total. The number of hydrogen-bond donors (Lipinski definition) is 1. The van der Waals surface area contributed by atoms with Gasteiger partial charge in [-0.3, -0.25) is 0 Å². The Morgan fingerprint density at radius 3 is 2.92 bits per heavy atom. The van der Waals surface area contributed by atoms with Gasteiger partial charge in [0.1, 0.15) is 0 Å². The highest BCUT2D eigenvalue weighted by molar-refractivity contribution is 5.11. The maximum absolute atomic E-state index is 5.33. The van der Waals surface area contributed by atoms with Crippen molar-refractivity contribution in [1.29, 1.82) is 0 Å². The molecule has 1 aromatic rings. The molecule has 4 heteroatoms. The summed E-state index contributed by atoms with van der Waals surface area (Å²) in [5, 5.41) is 10.7. The molecule has 0 aliphatic heterocycles. The summed E-state index contributed by atoms with van der Waals surface area (Å²) in [5.74, 6) is 0. The molecule has 0 saturated heterocycles. The molecule has 1 rings (SSSR count). The zero-order valence-electron chi connectivity index (χ0n) is 8.03. The lowest BCUT2D eigenvalue weighted by atomic mass is 10.1. The summed E-state index contributed by atoms with van der Waals surface area (Å²) < 4.78 is 5.33. The fourth-order valence-corrected chi connectivity index (χ4v) is 1.09. The number of likely N-dealkylation sites (N-methyl/N-ethyl adjacent to an activating group) is 1. The van der Waals surface area contributed by atoms with E-state index < -0.39 is 0 Å². The smallest absolute Gasteiger partial charge is 0.0661 e. The molecule has 72 valence electrons. The summed E-state index contributed by atoms with van der Waals surface area (Å²) in [6.45, 7) is 3.38. The molecule has 0 radical (unpaired) electrons. The van der Waals surface area contributed by atoms with Crippen LogP contribution in [0.15, 0.2) is 18.5 Å². The third-order valence-corrected chi connectivity index (χ3v) is 1.85. The second-order valence-corrected chi connectivity index (χ2v) is 2.68. The summed E-state index contributed by atoms with van der Waals surface area (Å²) in [5.41, 5.74) is 1.10. The van der Waals surface area contributed by atoms with E-state index in [0.29, 0.717) is 6.61 Å². The van der Waals surface area contributed by atoms with Crippen LogP contribution < -0.4 is 5.32 Å². The first-order valence-electron chi connectivity index (χ1n) is 4.40. The van der Waals surface area contributed by atoms with E-state index in [1.165, 1.54) is 0 Å². The van der Waals surface area contributed by atoms with Crippen LogP contribution in [0.4, 0.5) is 0 Å². The Bertz CT molecular complexity index is 228. The lowest BCUT2D eigenvalue weighted by Crippen LogP contribution is -2.22. The zero-order chi connectivity index (χ0) is 9.52. The Labute approximate surface area is 78.3 Å². The van der Waals surface area contributed by atoms with Crippen LogP contribution in [0.2, 0.25) is 0 Å². The molecule has 0 fully saturated rings. The van der Waals surface area contributed by atoms with E-state index in [1.54, 1.807) is 12.4 Å². The van der Waals surface area contributed by atoms with Crippen molar-refractivity contribution in [1.82, 2.24) is 15.5 Å². The molecular formula is C9H15N3O. The molecule has 4 nitrogen and oxygen atoms in total.